The van der Waals surface area contributed by atoms with E-state index in [-0.39, 0.29) is 23.8 Å². The molecule has 2 aliphatic rings. The number of rotatable bonds is 3. The van der Waals surface area contributed by atoms with Crippen molar-refractivity contribution in [3.05, 3.63) is 44.9 Å². The van der Waals surface area contributed by atoms with Gasteiger partial charge < -0.3 is 4.90 Å². The lowest BCUT2D eigenvalue weighted by molar-refractivity contribution is -0.138. The van der Waals surface area contributed by atoms with Gasteiger partial charge in [0.15, 0.2) is 0 Å². The predicted molar refractivity (Wildman–Crippen MR) is 98.0 cm³/mol. The van der Waals surface area contributed by atoms with Crippen LogP contribution in [-0.2, 0) is 23.9 Å². The Bertz CT molecular complexity index is 1080. The normalized spacial score (nSPS) is 20.7. The van der Waals surface area contributed by atoms with Crippen LogP contribution in [-0.4, -0.2) is 49.2 Å². The second-order valence-corrected chi connectivity index (χ2v) is 8.06. The van der Waals surface area contributed by atoms with Gasteiger partial charge in [-0.05, 0) is 18.9 Å². The van der Waals surface area contributed by atoms with Gasteiger partial charge in [0.05, 0.1) is 29.4 Å². The highest BCUT2D eigenvalue weighted by Crippen LogP contribution is 2.32. The number of aromatic nitrogens is 4. The summed E-state index contributed by atoms with van der Waals surface area (Å²) in [6, 6.07) is -0.236. The quantitative estimate of drug-likeness (QED) is 0.653. The molecule has 0 radical (unpaired) electrons. The van der Waals surface area contributed by atoms with Crippen LogP contribution in [0.3, 0.4) is 0 Å². The van der Waals surface area contributed by atoms with Crippen molar-refractivity contribution < 1.29 is 26.7 Å². The molecule has 0 aliphatic carbocycles. The van der Waals surface area contributed by atoms with Crippen LogP contribution in [0.25, 0.3) is 0 Å². The third-order valence-electron chi connectivity index (χ3n) is 5.44. The number of fused-ring (bicyclic) bond motifs is 1. The summed E-state index contributed by atoms with van der Waals surface area (Å²) in [4.78, 5) is 30.5. The van der Waals surface area contributed by atoms with Crippen molar-refractivity contribution in [1.82, 2.24) is 24.2 Å². The number of carbonyl (C=O) groups is 1. The number of alkyl halides is 5. The number of hydrogen-bond donors (Lipinski definition) is 0. The summed E-state index contributed by atoms with van der Waals surface area (Å²) in [6.07, 6.45) is -3.18. The number of pyridine rings is 1. The fourth-order valence-corrected chi connectivity index (χ4v) is 4.11. The van der Waals surface area contributed by atoms with Gasteiger partial charge in [-0.3, -0.25) is 14.3 Å². The molecule has 1 fully saturated rings. The monoisotopic (exact) mass is 465 g/mol. The van der Waals surface area contributed by atoms with Crippen LogP contribution in [0, 0.1) is 0 Å². The molecule has 168 valence electrons. The summed E-state index contributed by atoms with van der Waals surface area (Å²) >= 11 is 5.91. The van der Waals surface area contributed by atoms with Gasteiger partial charge in [-0.25, -0.2) is 18.3 Å². The van der Waals surface area contributed by atoms with Crippen LogP contribution < -0.4 is 5.69 Å². The van der Waals surface area contributed by atoms with Crippen molar-refractivity contribution in [3.63, 3.8) is 0 Å². The summed E-state index contributed by atoms with van der Waals surface area (Å²) in [6.45, 7) is -1.07. The van der Waals surface area contributed by atoms with Crippen LogP contribution >= 0.6 is 11.6 Å². The number of amides is 1. The molecule has 31 heavy (non-hydrogen) atoms. The van der Waals surface area contributed by atoms with Gasteiger partial charge in [-0.2, -0.15) is 18.3 Å². The van der Waals surface area contributed by atoms with E-state index in [0.717, 1.165) is 9.58 Å². The molecule has 0 bridgehead atoms. The highest BCUT2D eigenvalue weighted by atomic mass is 35.5. The highest BCUT2D eigenvalue weighted by Gasteiger charge is 2.43. The topological polar surface area (TPSA) is 73.0 Å². The Hall–Kier alpha value is -2.50. The fraction of sp³-hybridized carbons (Fsp3) is 0.556. The molecule has 1 saturated heterocycles. The first-order chi connectivity index (χ1) is 14.5. The second kappa shape index (κ2) is 7.57. The summed E-state index contributed by atoms with van der Waals surface area (Å²) in [7, 11) is 0. The Labute approximate surface area is 177 Å². The zero-order valence-corrected chi connectivity index (χ0v) is 16.8. The lowest BCUT2D eigenvalue weighted by Gasteiger charge is -2.27. The highest BCUT2D eigenvalue weighted by molar-refractivity contribution is 6.31. The number of likely N-dealkylation sites (tertiary alicyclic amines) is 1. The van der Waals surface area contributed by atoms with E-state index >= 15 is 0 Å². The van der Waals surface area contributed by atoms with Crippen molar-refractivity contribution in [1.29, 1.82) is 0 Å². The second-order valence-electron chi connectivity index (χ2n) is 7.65. The van der Waals surface area contributed by atoms with Gasteiger partial charge >= 0.3 is 11.9 Å². The molecule has 7 nitrogen and oxygen atoms in total. The predicted octanol–water partition coefficient (Wildman–Crippen LogP) is 2.91. The summed E-state index contributed by atoms with van der Waals surface area (Å²) in [5.74, 6) is -3.21. The van der Waals surface area contributed by atoms with Gasteiger partial charge in [0.2, 0.25) is 5.91 Å². The first-order valence-corrected chi connectivity index (χ1v) is 9.90. The van der Waals surface area contributed by atoms with Crippen LogP contribution in [0.15, 0.2) is 17.1 Å². The zero-order valence-electron chi connectivity index (χ0n) is 16.0. The summed E-state index contributed by atoms with van der Waals surface area (Å²) < 4.78 is 67.5. The number of hydrogen-bond acceptors (Lipinski definition) is 4. The minimum Gasteiger partial charge on any atom is -0.335 e. The van der Waals surface area contributed by atoms with Gasteiger partial charge in [-0.15, -0.1) is 0 Å². The first-order valence-electron chi connectivity index (χ1n) is 9.53. The van der Waals surface area contributed by atoms with Crippen LogP contribution in [0.2, 0.25) is 5.02 Å². The Balaban J connectivity index is 1.61. The third-order valence-corrected chi connectivity index (χ3v) is 5.77. The standard InChI is InChI=1S/C18H17ClF5N5O2/c19-11-6-10(18(22,23)24)7-25-12(11)8-28-16(31)29-13(2-1-3-14(29)26-28)15(30)27-5-4-17(20,21)9-27/h6-7,13H,1-5,8-9H2. The van der Waals surface area contributed by atoms with E-state index in [1.54, 1.807) is 0 Å². The van der Waals surface area contributed by atoms with Gasteiger partial charge in [0.1, 0.15) is 11.9 Å². The lowest BCUT2D eigenvalue weighted by atomic mass is 10.0. The first kappa shape index (κ1) is 21.7. The SMILES string of the molecule is O=C(C1CCCc2nn(Cc3ncc(C(F)(F)F)cc3Cl)c(=O)n21)N1CCC(F)(F)C1. The summed E-state index contributed by atoms with van der Waals surface area (Å²) in [5, 5.41) is 3.89. The van der Waals surface area contributed by atoms with E-state index in [9.17, 15) is 31.5 Å². The average Bonchev–Trinajstić information content (AvgIpc) is 3.21. The molecule has 1 atom stereocenters. The van der Waals surface area contributed by atoms with Crippen molar-refractivity contribution >= 4 is 17.5 Å². The number of halogens is 6. The van der Waals surface area contributed by atoms with Crippen LogP contribution in [0.5, 0.6) is 0 Å². The molecule has 1 amide bonds. The third kappa shape index (κ3) is 4.17. The number of nitrogens with zero attached hydrogens (tertiary/aromatic N) is 5. The fourth-order valence-electron chi connectivity index (χ4n) is 3.88. The molecule has 2 aliphatic heterocycles. The molecule has 2 aromatic heterocycles. The number of carbonyl (C=O) groups excluding carboxylic acids is 1. The van der Waals surface area contributed by atoms with E-state index in [4.69, 9.17) is 11.6 Å². The Kier molecular flexibility index (Phi) is 5.31. The lowest BCUT2D eigenvalue weighted by Crippen LogP contribution is -2.42. The van der Waals surface area contributed by atoms with Crippen molar-refractivity contribution in [2.45, 2.75) is 50.4 Å². The molecule has 0 saturated carbocycles. The van der Waals surface area contributed by atoms with E-state index in [0.29, 0.717) is 37.4 Å². The molecule has 0 spiro atoms. The smallest absolute Gasteiger partial charge is 0.335 e. The van der Waals surface area contributed by atoms with E-state index < -0.39 is 48.3 Å². The van der Waals surface area contributed by atoms with Crippen LogP contribution in [0.1, 0.15) is 42.4 Å². The molecule has 4 heterocycles. The molecular formula is C18H17ClF5N5O2. The molecule has 0 aromatic carbocycles. The molecule has 1 unspecified atom stereocenters. The van der Waals surface area contributed by atoms with Gasteiger partial charge in [-0.1, -0.05) is 11.6 Å². The van der Waals surface area contributed by atoms with E-state index in [1.807, 2.05) is 0 Å². The maximum absolute atomic E-state index is 13.5. The number of aryl methyl sites for hydroxylation is 1. The average molecular weight is 466 g/mol. The maximum Gasteiger partial charge on any atom is 0.417 e. The molecule has 13 heteroatoms. The molecule has 2 aromatic rings. The van der Waals surface area contributed by atoms with Crippen molar-refractivity contribution in [2.75, 3.05) is 13.1 Å². The van der Waals surface area contributed by atoms with Crippen LogP contribution in [0.4, 0.5) is 22.0 Å². The zero-order chi connectivity index (χ0) is 22.6. The van der Waals surface area contributed by atoms with E-state index in [1.165, 1.54) is 4.57 Å². The summed E-state index contributed by atoms with van der Waals surface area (Å²) in [5.41, 5.74) is -1.68. The largest absolute Gasteiger partial charge is 0.417 e. The van der Waals surface area contributed by atoms with Gasteiger partial charge in [0.25, 0.3) is 5.92 Å². The Morgan fingerprint density at radius 1 is 1.32 bits per heavy atom. The maximum atomic E-state index is 13.5. The Morgan fingerprint density at radius 2 is 2.06 bits per heavy atom. The van der Waals surface area contributed by atoms with Crippen molar-refractivity contribution in [3.8, 4) is 0 Å². The van der Waals surface area contributed by atoms with E-state index in [2.05, 4.69) is 10.1 Å². The molecular weight excluding hydrogens is 449 g/mol. The molecule has 0 N–H and O–H groups in total. The minimum atomic E-state index is -4.61. The Morgan fingerprint density at radius 3 is 2.68 bits per heavy atom. The molecule has 4 rings (SSSR count). The minimum absolute atomic E-state index is 0.00859. The van der Waals surface area contributed by atoms with Gasteiger partial charge in [0, 0.05) is 25.6 Å². The van der Waals surface area contributed by atoms with Crippen molar-refractivity contribution in [2.24, 2.45) is 0 Å².